The molecule has 0 spiro atoms. The summed E-state index contributed by atoms with van der Waals surface area (Å²) in [5.74, 6) is 0. The van der Waals surface area contributed by atoms with Crippen LogP contribution >= 0.6 is 0 Å². The molecule has 0 atom stereocenters. The lowest BCUT2D eigenvalue weighted by molar-refractivity contribution is -1.27. The van der Waals surface area contributed by atoms with Crippen LogP contribution in [0.1, 0.15) is 0 Å². The molecular formula is C2H7N2O2+. The minimum atomic E-state index is -0.861. The molecule has 0 aromatic heterocycles. The maximum atomic E-state index is 8.34. The Morgan fingerprint density at radius 2 is 1.67 bits per heavy atom. The van der Waals surface area contributed by atoms with Crippen LogP contribution in [0.15, 0.2) is 0 Å². The van der Waals surface area contributed by atoms with Gasteiger partial charge in [0.15, 0.2) is 0 Å². The van der Waals surface area contributed by atoms with E-state index in [4.69, 9.17) is 10.4 Å². The lowest BCUT2D eigenvalue weighted by Crippen LogP contribution is -2.63. The summed E-state index contributed by atoms with van der Waals surface area (Å²) < 4.78 is 0. The van der Waals surface area contributed by atoms with Crippen molar-refractivity contribution in [1.29, 1.82) is 0 Å². The Morgan fingerprint density at radius 3 is 1.67 bits per heavy atom. The van der Waals surface area contributed by atoms with Crippen LogP contribution in [0.3, 0.4) is 0 Å². The van der Waals surface area contributed by atoms with E-state index in [9.17, 15) is 0 Å². The Morgan fingerprint density at radius 1 is 1.33 bits per heavy atom. The van der Waals surface area contributed by atoms with Gasteiger partial charge < -0.3 is 0 Å². The normalized spacial score (nSPS) is 29.0. The molecule has 0 aromatic rings. The number of hydrogen-bond donors (Lipinski definition) is 3. The van der Waals surface area contributed by atoms with Gasteiger partial charge in [-0.05, 0) is 4.81 Å². The fourth-order valence-corrected chi connectivity index (χ4v) is 0.312. The lowest BCUT2D eigenvalue weighted by Gasteiger charge is -2.28. The summed E-state index contributed by atoms with van der Waals surface area (Å²) >= 11 is 0. The maximum absolute atomic E-state index is 8.34. The van der Waals surface area contributed by atoms with E-state index in [2.05, 4.69) is 5.32 Å². The van der Waals surface area contributed by atoms with E-state index in [0.29, 0.717) is 0 Å². The van der Waals surface area contributed by atoms with E-state index in [-0.39, 0.29) is 13.3 Å². The Labute approximate surface area is 35.1 Å². The second-order valence-corrected chi connectivity index (χ2v) is 1.44. The first-order chi connectivity index (χ1) is 2.71. The predicted octanol–water partition coefficient (Wildman–Crippen LogP) is -0.900. The highest BCUT2D eigenvalue weighted by Gasteiger charge is 2.31. The van der Waals surface area contributed by atoms with E-state index in [0.717, 1.165) is 0 Å². The number of hydroxylamine groups is 4. The summed E-state index contributed by atoms with van der Waals surface area (Å²) in [6, 6.07) is 0. The molecule has 0 unspecified atom stereocenters. The first-order valence-corrected chi connectivity index (χ1v) is 1.74. The van der Waals surface area contributed by atoms with E-state index >= 15 is 0 Å². The van der Waals surface area contributed by atoms with Crippen LogP contribution < -0.4 is 5.32 Å². The second-order valence-electron chi connectivity index (χ2n) is 1.44. The third-order valence-electron chi connectivity index (χ3n) is 0.730. The molecule has 0 bridgehead atoms. The summed E-state index contributed by atoms with van der Waals surface area (Å²) in [6.45, 7) is 0.500. The van der Waals surface area contributed by atoms with Crippen molar-refractivity contribution in [3.05, 3.63) is 0 Å². The Bertz CT molecular complexity index is 56.6. The van der Waals surface area contributed by atoms with Crippen LogP contribution in [0.25, 0.3) is 0 Å². The van der Waals surface area contributed by atoms with Crippen LogP contribution in [0.4, 0.5) is 0 Å². The van der Waals surface area contributed by atoms with Gasteiger partial charge in [0.25, 0.3) is 0 Å². The molecule has 0 aromatic carbocycles. The molecule has 1 saturated heterocycles. The number of nitrogens with zero attached hydrogens (tertiary/aromatic N) is 1. The van der Waals surface area contributed by atoms with Gasteiger partial charge >= 0.3 is 0 Å². The SMILES string of the molecule is O[N+]1(O)CNC1. The fourth-order valence-electron chi connectivity index (χ4n) is 0.312. The summed E-state index contributed by atoms with van der Waals surface area (Å²) in [4.78, 5) is -0.861. The molecule has 4 heteroatoms. The standard InChI is InChI=1S/C2H7N2O2/c5-4(6)1-3-2-4/h3,5-6H,1-2H2/q+1. The molecule has 4 nitrogen and oxygen atoms in total. The summed E-state index contributed by atoms with van der Waals surface area (Å²) in [6.07, 6.45) is 0. The molecular weight excluding hydrogens is 84.0 g/mol. The van der Waals surface area contributed by atoms with Crippen LogP contribution in [0, 0.1) is 0 Å². The highest BCUT2D eigenvalue weighted by molar-refractivity contribution is 4.28. The molecule has 1 rings (SSSR count). The first-order valence-electron chi connectivity index (χ1n) is 1.74. The summed E-state index contributed by atoms with van der Waals surface area (Å²) in [5.41, 5.74) is 0. The number of hydrogen-bond acceptors (Lipinski definition) is 3. The van der Waals surface area contributed by atoms with Crippen LogP contribution in [0.2, 0.25) is 0 Å². The molecule has 0 amide bonds. The van der Waals surface area contributed by atoms with Gasteiger partial charge in [-0.25, -0.2) is 5.32 Å². The van der Waals surface area contributed by atoms with Crippen molar-refractivity contribution in [2.24, 2.45) is 0 Å². The Kier molecular flexibility index (Phi) is 0.611. The molecule has 3 N–H and O–H groups in total. The second kappa shape index (κ2) is 0.913. The van der Waals surface area contributed by atoms with Gasteiger partial charge in [-0.2, -0.15) is 10.4 Å². The third-order valence-corrected chi connectivity index (χ3v) is 0.730. The van der Waals surface area contributed by atoms with Crippen LogP contribution in [-0.2, 0) is 0 Å². The minimum absolute atomic E-state index is 0.250. The first kappa shape index (κ1) is 4.01. The Balaban J connectivity index is 2.31. The summed E-state index contributed by atoms with van der Waals surface area (Å²) in [5, 5.41) is 19.4. The zero-order chi connectivity index (χ0) is 4.62. The van der Waals surface area contributed by atoms with Crippen molar-refractivity contribution in [1.82, 2.24) is 5.32 Å². The number of quaternary nitrogens is 1. The average molecular weight is 91.1 g/mol. The van der Waals surface area contributed by atoms with Crippen LogP contribution in [-0.4, -0.2) is 28.6 Å². The monoisotopic (exact) mass is 91.1 g/mol. The molecule has 1 heterocycles. The maximum Gasteiger partial charge on any atom is 0.201 e. The zero-order valence-electron chi connectivity index (χ0n) is 3.26. The van der Waals surface area contributed by atoms with E-state index in [1.54, 1.807) is 0 Å². The van der Waals surface area contributed by atoms with E-state index in [1.807, 2.05) is 0 Å². The van der Waals surface area contributed by atoms with Crippen molar-refractivity contribution >= 4 is 0 Å². The van der Waals surface area contributed by atoms with Crippen LogP contribution in [0.5, 0.6) is 0 Å². The third kappa shape index (κ3) is 0.504. The van der Waals surface area contributed by atoms with Gasteiger partial charge in [0.05, 0.1) is 0 Å². The molecule has 1 fully saturated rings. The average Bonchev–Trinajstić information content (AvgIpc) is 1.32. The highest BCUT2D eigenvalue weighted by atomic mass is 16.8. The fraction of sp³-hybridized carbons (Fsp3) is 1.00. The molecule has 1 aliphatic rings. The van der Waals surface area contributed by atoms with Crippen molar-refractivity contribution in [2.75, 3.05) is 13.3 Å². The summed E-state index contributed by atoms with van der Waals surface area (Å²) in [7, 11) is 0. The van der Waals surface area contributed by atoms with Crippen molar-refractivity contribution < 1.29 is 15.2 Å². The van der Waals surface area contributed by atoms with Gasteiger partial charge in [0.2, 0.25) is 13.3 Å². The number of nitrogens with one attached hydrogen (secondary N) is 1. The quantitative estimate of drug-likeness (QED) is 0.339. The van der Waals surface area contributed by atoms with Crippen molar-refractivity contribution in [2.45, 2.75) is 0 Å². The lowest BCUT2D eigenvalue weighted by atomic mass is 10.7. The molecule has 0 saturated carbocycles. The molecule has 0 radical (unpaired) electrons. The largest absolute Gasteiger partial charge is 0.212 e. The van der Waals surface area contributed by atoms with Gasteiger partial charge in [0, 0.05) is 0 Å². The zero-order valence-corrected chi connectivity index (χ0v) is 3.26. The van der Waals surface area contributed by atoms with E-state index in [1.165, 1.54) is 0 Å². The van der Waals surface area contributed by atoms with Gasteiger partial charge in [-0.3, -0.25) is 0 Å². The van der Waals surface area contributed by atoms with Gasteiger partial charge in [-0.15, -0.1) is 0 Å². The minimum Gasteiger partial charge on any atom is -0.212 e. The predicted molar refractivity (Wildman–Crippen MR) is 16.7 cm³/mol. The van der Waals surface area contributed by atoms with Crippen molar-refractivity contribution in [3.63, 3.8) is 0 Å². The molecule has 36 valence electrons. The smallest absolute Gasteiger partial charge is 0.201 e. The Hall–Kier alpha value is -0.160. The highest BCUT2D eigenvalue weighted by Crippen LogP contribution is 1.96. The molecule has 1 aliphatic heterocycles. The van der Waals surface area contributed by atoms with Gasteiger partial charge in [-0.1, -0.05) is 0 Å². The van der Waals surface area contributed by atoms with Crippen molar-refractivity contribution in [3.8, 4) is 0 Å². The number of rotatable bonds is 0. The molecule has 6 heavy (non-hydrogen) atoms. The van der Waals surface area contributed by atoms with Gasteiger partial charge in [0.1, 0.15) is 0 Å². The topological polar surface area (TPSA) is 52.5 Å². The molecule has 0 aliphatic carbocycles. The van der Waals surface area contributed by atoms with E-state index < -0.39 is 4.81 Å².